The molecule has 1 aliphatic heterocycles. The molecule has 0 spiro atoms. The Morgan fingerprint density at radius 3 is 2.67 bits per heavy atom. The lowest BCUT2D eigenvalue weighted by Gasteiger charge is -2.35. The van der Waals surface area contributed by atoms with E-state index in [1.54, 1.807) is 17.0 Å². The molecule has 4 rings (SSSR count). The Hall–Kier alpha value is -2.60. The number of furan rings is 1. The summed E-state index contributed by atoms with van der Waals surface area (Å²) in [7, 11) is 0. The number of fused-ring (bicyclic) bond motifs is 1. The molecule has 1 saturated carbocycles. The van der Waals surface area contributed by atoms with Gasteiger partial charge in [0.05, 0.1) is 12.4 Å². The Morgan fingerprint density at radius 1 is 1.15 bits per heavy atom. The normalized spacial score (nSPS) is 24.5. The molecule has 2 heterocycles. The second-order valence-electron chi connectivity index (χ2n) is 7.48. The number of nitrogens with one attached hydrogen (secondary N) is 1. The second kappa shape index (κ2) is 7.56. The van der Waals surface area contributed by atoms with Crippen LogP contribution in [0.5, 0.6) is 0 Å². The molecular formula is C21H24N2O4. The highest BCUT2D eigenvalue weighted by molar-refractivity contribution is 5.96. The summed E-state index contributed by atoms with van der Waals surface area (Å²) < 4.78 is 5.27. The predicted molar refractivity (Wildman–Crippen MR) is 98.9 cm³/mol. The minimum absolute atomic E-state index is 0.147. The summed E-state index contributed by atoms with van der Waals surface area (Å²) in [5.74, 6) is 0.122. The summed E-state index contributed by atoms with van der Waals surface area (Å²) in [6.45, 7) is 0.923. The number of hydrogen-bond acceptors (Lipinski definition) is 4. The SMILES string of the molecule is O=C(NC[C@@H]1CC[C@@H](O)C1)[C@@H]1Cc2ccccc2CN1C(=O)c1ccco1. The van der Waals surface area contributed by atoms with Crippen molar-refractivity contribution in [2.24, 2.45) is 5.92 Å². The molecule has 0 unspecified atom stereocenters. The van der Waals surface area contributed by atoms with Crippen LogP contribution in [0.4, 0.5) is 0 Å². The zero-order valence-corrected chi connectivity index (χ0v) is 15.1. The maximum atomic E-state index is 12.9. The second-order valence-corrected chi connectivity index (χ2v) is 7.48. The van der Waals surface area contributed by atoms with Gasteiger partial charge in [-0.25, -0.2) is 0 Å². The van der Waals surface area contributed by atoms with Gasteiger partial charge in [-0.3, -0.25) is 9.59 Å². The van der Waals surface area contributed by atoms with E-state index in [4.69, 9.17) is 4.42 Å². The Bertz CT molecular complexity index is 817. The first-order chi connectivity index (χ1) is 13.1. The molecule has 2 aromatic rings. The number of carbonyl (C=O) groups excluding carboxylic acids is 2. The first kappa shape index (κ1) is 17.8. The van der Waals surface area contributed by atoms with E-state index in [9.17, 15) is 14.7 Å². The fourth-order valence-corrected chi connectivity index (χ4v) is 4.11. The van der Waals surface area contributed by atoms with Crippen LogP contribution in [0.25, 0.3) is 0 Å². The number of hydrogen-bond donors (Lipinski definition) is 2. The maximum Gasteiger partial charge on any atom is 0.290 e. The van der Waals surface area contributed by atoms with Crippen LogP contribution in [0.15, 0.2) is 47.1 Å². The van der Waals surface area contributed by atoms with Crippen LogP contribution >= 0.6 is 0 Å². The van der Waals surface area contributed by atoms with Gasteiger partial charge in [0.2, 0.25) is 5.91 Å². The lowest BCUT2D eigenvalue weighted by molar-refractivity contribution is -0.126. The van der Waals surface area contributed by atoms with Gasteiger partial charge in [-0.2, -0.15) is 0 Å². The Morgan fingerprint density at radius 2 is 1.96 bits per heavy atom. The fourth-order valence-electron chi connectivity index (χ4n) is 4.11. The first-order valence-corrected chi connectivity index (χ1v) is 9.49. The molecule has 142 valence electrons. The molecule has 1 aromatic heterocycles. The molecule has 3 atom stereocenters. The molecule has 2 N–H and O–H groups in total. The lowest BCUT2D eigenvalue weighted by Crippen LogP contribution is -2.53. The highest BCUT2D eigenvalue weighted by Crippen LogP contribution is 2.27. The van der Waals surface area contributed by atoms with E-state index in [1.807, 2.05) is 24.3 Å². The van der Waals surface area contributed by atoms with Crippen LogP contribution in [0.2, 0.25) is 0 Å². The van der Waals surface area contributed by atoms with Crippen LogP contribution in [0.1, 0.15) is 40.9 Å². The monoisotopic (exact) mass is 368 g/mol. The van der Waals surface area contributed by atoms with Gasteiger partial charge in [-0.1, -0.05) is 24.3 Å². The van der Waals surface area contributed by atoms with Gasteiger partial charge in [0.1, 0.15) is 6.04 Å². The average molecular weight is 368 g/mol. The van der Waals surface area contributed by atoms with Gasteiger partial charge in [-0.05, 0) is 48.4 Å². The molecule has 27 heavy (non-hydrogen) atoms. The first-order valence-electron chi connectivity index (χ1n) is 9.49. The summed E-state index contributed by atoms with van der Waals surface area (Å²) >= 11 is 0. The molecule has 1 aromatic carbocycles. The molecule has 2 amide bonds. The van der Waals surface area contributed by atoms with Gasteiger partial charge in [0.15, 0.2) is 5.76 Å². The fraction of sp³-hybridized carbons (Fsp3) is 0.429. The number of aliphatic hydroxyl groups is 1. The maximum absolute atomic E-state index is 12.9. The van der Waals surface area contributed by atoms with E-state index in [2.05, 4.69) is 5.32 Å². The topological polar surface area (TPSA) is 82.8 Å². The zero-order chi connectivity index (χ0) is 18.8. The Labute approximate surface area is 158 Å². The van der Waals surface area contributed by atoms with Crippen molar-refractivity contribution < 1.29 is 19.1 Å². The summed E-state index contributed by atoms with van der Waals surface area (Å²) in [6, 6.07) is 10.6. The van der Waals surface area contributed by atoms with Crippen molar-refractivity contribution >= 4 is 11.8 Å². The molecular weight excluding hydrogens is 344 g/mol. The number of aliphatic hydroxyl groups excluding tert-OH is 1. The van der Waals surface area contributed by atoms with E-state index >= 15 is 0 Å². The number of amides is 2. The van der Waals surface area contributed by atoms with Crippen LogP contribution in [0, 0.1) is 5.92 Å². The van der Waals surface area contributed by atoms with Gasteiger partial charge < -0.3 is 19.7 Å². The molecule has 0 bridgehead atoms. The predicted octanol–water partition coefficient (Wildman–Crippen LogP) is 2.12. The number of benzene rings is 1. The molecule has 2 aliphatic rings. The smallest absolute Gasteiger partial charge is 0.290 e. The quantitative estimate of drug-likeness (QED) is 0.866. The molecule has 1 fully saturated rings. The van der Waals surface area contributed by atoms with Crippen LogP contribution in [-0.4, -0.2) is 40.5 Å². The van der Waals surface area contributed by atoms with Crippen LogP contribution < -0.4 is 5.32 Å². The number of rotatable bonds is 4. The van der Waals surface area contributed by atoms with Crippen molar-refractivity contribution in [2.75, 3.05) is 6.54 Å². The van der Waals surface area contributed by atoms with Gasteiger partial charge in [0.25, 0.3) is 5.91 Å². The molecule has 0 saturated heterocycles. The van der Waals surface area contributed by atoms with Gasteiger partial charge in [0, 0.05) is 19.5 Å². The van der Waals surface area contributed by atoms with E-state index in [-0.39, 0.29) is 23.7 Å². The third-order valence-corrected chi connectivity index (χ3v) is 5.62. The highest BCUT2D eigenvalue weighted by atomic mass is 16.3. The third-order valence-electron chi connectivity index (χ3n) is 5.62. The zero-order valence-electron chi connectivity index (χ0n) is 15.1. The van der Waals surface area contributed by atoms with Crippen molar-refractivity contribution in [3.8, 4) is 0 Å². The van der Waals surface area contributed by atoms with Crippen LogP contribution in [0.3, 0.4) is 0 Å². The largest absolute Gasteiger partial charge is 0.459 e. The highest BCUT2D eigenvalue weighted by Gasteiger charge is 2.36. The van der Waals surface area contributed by atoms with E-state index in [0.29, 0.717) is 25.4 Å². The standard InChI is InChI=1S/C21H24N2O4/c24-17-8-7-14(10-17)12-22-20(25)18-11-15-4-1-2-5-16(15)13-23(18)21(26)19-6-3-9-27-19/h1-6,9,14,17-18,24H,7-8,10-13H2,(H,22,25)/t14-,17-,18+/m1/s1. The minimum atomic E-state index is -0.566. The van der Waals surface area contributed by atoms with E-state index in [1.165, 1.54) is 6.26 Å². The number of carbonyl (C=O) groups is 2. The summed E-state index contributed by atoms with van der Waals surface area (Å²) in [5, 5.41) is 12.7. The van der Waals surface area contributed by atoms with Crippen molar-refractivity contribution in [1.82, 2.24) is 10.2 Å². The van der Waals surface area contributed by atoms with Crippen LogP contribution in [-0.2, 0) is 17.8 Å². The van der Waals surface area contributed by atoms with E-state index < -0.39 is 6.04 Å². The molecule has 6 heteroatoms. The van der Waals surface area contributed by atoms with Gasteiger partial charge in [-0.15, -0.1) is 0 Å². The number of nitrogens with zero attached hydrogens (tertiary/aromatic N) is 1. The summed E-state index contributed by atoms with van der Waals surface area (Å²) in [4.78, 5) is 27.4. The van der Waals surface area contributed by atoms with Crippen molar-refractivity contribution in [3.05, 3.63) is 59.5 Å². The van der Waals surface area contributed by atoms with E-state index in [0.717, 1.165) is 30.4 Å². The molecule has 0 radical (unpaired) electrons. The van der Waals surface area contributed by atoms with Gasteiger partial charge >= 0.3 is 0 Å². The lowest BCUT2D eigenvalue weighted by atomic mass is 9.93. The minimum Gasteiger partial charge on any atom is -0.459 e. The van der Waals surface area contributed by atoms with Crippen molar-refractivity contribution in [1.29, 1.82) is 0 Å². The third kappa shape index (κ3) is 3.76. The molecule has 6 nitrogen and oxygen atoms in total. The summed E-state index contributed by atoms with van der Waals surface area (Å²) in [6.07, 6.45) is 4.13. The Kier molecular flexibility index (Phi) is 4.99. The van der Waals surface area contributed by atoms with Crippen molar-refractivity contribution in [2.45, 2.75) is 44.4 Å². The Balaban J connectivity index is 1.51. The summed E-state index contributed by atoms with van der Waals surface area (Å²) in [5.41, 5.74) is 2.15. The van der Waals surface area contributed by atoms with Crippen molar-refractivity contribution in [3.63, 3.8) is 0 Å². The average Bonchev–Trinajstić information content (AvgIpc) is 3.36. The molecule has 1 aliphatic carbocycles.